The van der Waals surface area contributed by atoms with Crippen molar-refractivity contribution in [1.29, 1.82) is 0 Å². The van der Waals surface area contributed by atoms with E-state index in [1.54, 1.807) is 0 Å². The molecule has 0 bridgehead atoms. The molecule has 1 atom stereocenters. The van der Waals surface area contributed by atoms with E-state index in [1.165, 1.54) is 5.56 Å². The van der Waals surface area contributed by atoms with Gasteiger partial charge < -0.3 is 10.4 Å². The van der Waals surface area contributed by atoms with E-state index in [4.69, 9.17) is 0 Å². The number of rotatable bonds is 10. The number of hydrogen-bond donors (Lipinski definition) is 2. The Morgan fingerprint density at radius 2 is 1.90 bits per heavy atom. The highest BCUT2D eigenvalue weighted by Gasteiger charge is 2.27. The van der Waals surface area contributed by atoms with Crippen LogP contribution in [0.15, 0.2) is 30.3 Å². The van der Waals surface area contributed by atoms with Crippen LogP contribution in [-0.2, 0) is 6.54 Å². The summed E-state index contributed by atoms with van der Waals surface area (Å²) in [5, 5.41) is 12.9. The molecule has 0 aliphatic rings. The summed E-state index contributed by atoms with van der Waals surface area (Å²) in [6.07, 6.45) is 1.16. The first-order valence-corrected chi connectivity index (χ1v) is 8.10. The second-order valence-corrected chi connectivity index (χ2v) is 6.58. The lowest BCUT2D eigenvalue weighted by atomic mass is 9.84. The van der Waals surface area contributed by atoms with E-state index >= 15 is 0 Å². The zero-order chi connectivity index (χ0) is 15.7. The van der Waals surface area contributed by atoms with Crippen molar-refractivity contribution in [2.24, 2.45) is 5.41 Å². The molecule has 0 amide bonds. The highest BCUT2D eigenvalue weighted by molar-refractivity contribution is 5.14. The van der Waals surface area contributed by atoms with E-state index in [9.17, 15) is 5.11 Å². The molecule has 0 radical (unpaired) electrons. The molecule has 0 aliphatic heterocycles. The summed E-state index contributed by atoms with van der Waals surface area (Å²) >= 11 is 0. The molecule has 3 heteroatoms. The molecule has 21 heavy (non-hydrogen) atoms. The average Bonchev–Trinajstić information content (AvgIpc) is 2.45. The third-order valence-electron chi connectivity index (χ3n) is 4.17. The van der Waals surface area contributed by atoms with Crippen molar-refractivity contribution < 1.29 is 5.11 Å². The van der Waals surface area contributed by atoms with Crippen molar-refractivity contribution in [3.63, 3.8) is 0 Å². The van der Waals surface area contributed by atoms with Gasteiger partial charge in [0.1, 0.15) is 0 Å². The van der Waals surface area contributed by atoms with Gasteiger partial charge in [-0.3, -0.25) is 4.90 Å². The number of nitrogens with zero attached hydrogens (tertiary/aromatic N) is 1. The molecule has 0 saturated carbocycles. The Kier molecular flexibility index (Phi) is 7.94. The molecule has 0 aliphatic carbocycles. The number of aliphatic hydroxyl groups is 1. The van der Waals surface area contributed by atoms with Crippen molar-refractivity contribution in [3.8, 4) is 0 Å². The maximum Gasteiger partial charge on any atom is 0.0558 e. The number of aliphatic hydroxyl groups excluding tert-OH is 1. The molecule has 0 saturated heterocycles. The van der Waals surface area contributed by atoms with Crippen LogP contribution in [0.25, 0.3) is 0 Å². The van der Waals surface area contributed by atoms with E-state index in [2.05, 4.69) is 62.2 Å². The van der Waals surface area contributed by atoms with Crippen molar-refractivity contribution >= 4 is 0 Å². The summed E-state index contributed by atoms with van der Waals surface area (Å²) in [6.45, 7) is 12.9. The average molecular weight is 292 g/mol. The van der Waals surface area contributed by atoms with Gasteiger partial charge >= 0.3 is 0 Å². The molecule has 0 heterocycles. The third-order valence-corrected chi connectivity index (χ3v) is 4.17. The van der Waals surface area contributed by atoms with Gasteiger partial charge in [-0.1, -0.05) is 51.1 Å². The first-order valence-electron chi connectivity index (χ1n) is 8.10. The molecule has 0 aromatic heterocycles. The fourth-order valence-corrected chi connectivity index (χ4v) is 2.55. The van der Waals surface area contributed by atoms with Crippen molar-refractivity contribution in [1.82, 2.24) is 10.2 Å². The third kappa shape index (κ3) is 6.60. The van der Waals surface area contributed by atoms with E-state index in [0.29, 0.717) is 6.04 Å². The van der Waals surface area contributed by atoms with E-state index in [-0.39, 0.29) is 12.0 Å². The Hall–Kier alpha value is -0.900. The smallest absolute Gasteiger partial charge is 0.0558 e. The highest BCUT2D eigenvalue weighted by Crippen LogP contribution is 2.23. The molecule has 120 valence electrons. The van der Waals surface area contributed by atoms with Crippen molar-refractivity contribution in [2.45, 2.75) is 46.7 Å². The van der Waals surface area contributed by atoms with Crippen LogP contribution < -0.4 is 5.32 Å². The van der Waals surface area contributed by atoms with Gasteiger partial charge in [0, 0.05) is 25.7 Å². The van der Waals surface area contributed by atoms with Gasteiger partial charge in [-0.25, -0.2) is 0 Å². The predicted molar refractivity (Wildman–Crippen MR) is 90.3 cm³/mol. The van der Waals surface area contributed by atoms with Crippen molar-refractivity contribution in [3.05, 3.63) is 35.9 Å². The van der Waals surface area contributed by atoms with Gasteiger partial charge in [0.2, 0.25) is 0 Å². The first kappa shape index (κ1) is 18.1. The van der Waals surface area contributed by atoms with Crippen LogP contribution in [0.3, 0.4) is 0 Å². The predicted octanol–water partition coefficient (Wildman–Crippen LogP) is 2.90. The Labute approximate surface area is 130 Å². The zero-order valence-corrected chi connectivity index (χ0v) is 14.1. The van der Waals surface area contributed by atoms with Crippen LogP contribution in [0.4, 0.5) is 0 Å². The summed E-state index contributed by atoms with van der Waals surface area (Å²) in [5.41, 5.74) is 1.47. The molecular formula is C18H32N2O. The van der Waals surface area contributed by atoms with Crippen LogP contribution in [0.1, 0.15) is 39.7 Å². The standard InChI is InChI=1S/C18H32N2O/c1-5-11-19-16(2)18(3,4)15-20(12-13-21)14-17-9-7-6-8-10-17/h6-10,16,19,21H,5,11-15H2,1-4H3. The largest absolute Gasteiger partial charge is 0.395 e. The van der Waals surface area contributed by atoms with Crippen LogP contribution >= 0.6 is 0 Å². The maximum atomic E-state index is 9.33. The fraction of sp³-hybridized carbons (Fsp3) is 0.667. The molecule has 1 rings (SSSR count). The summed E-state index contributed by atoms with van der Waals surface area (Å²) in [6, 6.07) is 10.9. The second-order valence-electron chi connectivity index (χ2n) is 6.58. The first-order chi connectivity index (χ1) is 9.99. The van der Waals surface area contributed by atoms with Gasteiger partial charge in [-0.2, -0.15) is 0 Å². The second kappa shape index (κ2) is 9.19. The minimum Gasteiger partial charge on any atom is -0.395 e. The Bertz CT molecular complexity index is 378. The summed E-state index contributed by atoms with van der Waals surface area (Å²) in [4.78, 5) is 2.35. The zero-order valence-electron chi connectivity index (χ0n) is 14.1. The van der Waals surface area contributed by atoms with Crippen LogP contribution in [0.5, 0.6) is 0 Å². The van der Waals surface area contributed by atoms with Gasteiger partial charge in [-0.15, -0.1) is 0 Å². The van der Waals surface area contributed by atoms with Gasteiger partial charge in [0.05, 0.1) is 6.61 Å². The summed E-state index contributed by atoms with van der Waals surface area (Å²) in [5.74, 6) is 0. The molecule has 3 nitrogen and oxygen atoms in total. The lowest BCUT2D eigenvalue weighted by Crippen LogP contribution is -2.47. The maximum absolute atomic E-state index is 9.33. The molecule has 0 spiro atoms. The Morgan fingerprint density at radius 3 is 2.48 bits per heavy atom. The minimum atomic E-state index is 0.166. The van der Waals surface area contributed by atoms with Gasteiger partial charge in [0.15, 0.2) is 0 Å². The molecule has 0 fully saturated rings. The van der Waals surface area contributed by atoms with E-state index in [1.807, 2.05) is 6.07 Å². The van der Waals surface area contributed by atoms with Crippen molar-refractivity contribution in [2.75, 3.05) is 26.2 Å². The Balaban J connectivity index is 2.63. The van der Waals surface area contributed by atoms with Crippen LogP contribution in [-0.4, -0.2) is 42.3 Å². The van der Waals surface area contributed by atoms with Gasteiger partial charge in [0.25, 0.3) is 0 Å². The number of hydrogen-bond acceptors (Lipinski definition) is 3. The van der Waals surface area contributed by atoms with Gasteiger partial charge in [-0.05, 0) is 30.9 Å². The lowest BCUT2D eigenvalue weighted by Gasteiger charge is -2.37. The molecule has 1 unspecified atom stereocenters. The SMILES string of the molecule is CCCNC(C)C(C)(C)CN(CCO)Cc1ccccc1. The molecule has 2 N–H and O–H groups in total. The number of benzene rings is 1. The highest BCUT2D eigenvalue weighted by atomic mass is 16.3. The Morgan fingerprint density at radius 1 is 1.24 bits per heavy atom. The quantitative estimate of drug-likeness (QED) is 0.696. The molecule has 1 aromatic rings. The van der Waals surface area contributed by atoms with Crippen LogP contribution in [0.2, 0.25) is 0 Å². The molecular weight excluding hydrogens is 260 g/mol. The van der Waals surface area contributed by atoms with Crippen LogP contribution in [0, 0.1) is 5.41 Å². The summed E-state index contributed by atoms with van der Waals surface area (Å²) < 4.78 is 0. The molecule has 1 aromatic carbocycles. The monoisotopic (exact) mass is 292 g/mol. The topological polar surface area (TPSA) is 35.5 Å². The fourth-order valence-electron chi connectivity index (χ4n) is 2.55. The normalized spacial score (nSPS) is 13.6. The summed E-state index contributed by atoms with van der Waals surface area (Å²) in [7, 11) is 0. The lowest BCUT2D eigenvalue weighted by molar-refractivity contribution is 0.115. The van der Waals surface area contributed by atoms with E-state index < -0.39 is 0 Å². The minimum absolute atomic E-state index is 0.166. The van der Waals surface area contributed by atoms with E-state index in [0.717, 1.165) is 32.6 Å². The number of nitrogens with one attached hydrogen (secondary N) is 1.